The first-order chi connectivity index (χ1) is 14.0. The Morgan fingerprint density at radius 1 is 1.27 bits per heavy atom. The molecule has 0 bridgehead atoms. The van der Waals surface area contributed by atoms with Crippen molar-refractivity contribution in [2.75, 3.05) is 37.5 Å². The molecule has 1 aliphatic heterocycles. The molecular formula is C23H28BrClN2O3. The molecule has 0 radical (unpaired) electrons. The van der Waals surface area contributed by atoms with Crippen LogP contribution in [0.25, 0.3) is 11.1 Å². The molecule has 0 aliphatic carbocycles. The highest BCUT2D eigenvalue weighted by Crippen LogP contribution is 2.52. The lowest BCUT2D eigenvalue weighted by atomic mass is 9.92. The van der Waals surface area contributed by atoms with Crippen LogP contribution >= 0.6 is 27.5 Å². The average Bonchev–Trinajstić information content (AvgIpc) is 2.68. The third-order valence-electron chi connectivity index (χ3n) is 5.01. The normalized spacial score (nSPS) is 14.7. The van der Waals surface area contributed by atoms with E-state index in [1.54, 1.807) is 0 Å². The molecule has 1 unspecified atom stereocenters. The molecule has 30 heavy (non-hydrogen) atoms. The van der Waals surface area contributed by atoms with Crippen molar-refractivity contribution in [2.45, 2.75) is 39.4 Å². The summed E-state index contributed by atoms with van der Waals surface area (Å²) in [5.74, 6) is -0.488. The first-order valence-corrected chi connectivity index (χ1v) is 11.0. The molecule has 3 rings (SSSR count). The number of ether oxygens (including phenoxy) is 2. The van der Waals surface area contributed by atoms with E-state index in [1.807, 2.05) is 59.0 Å². The molecule has 0 saturated carbocycles. The van der Waals surface area contributed by atoms with E-state index >= 15 is 0 Å². The van der Waals surface area contributed by atoms with Crippen LogP contribution in [-0.2, 0) is 14.3 Å². The van der Waals surface area contributed by atoms with E-state index in [9.17, 15) is 4.79 Å². The summed E-state index contributed by atoms with van der Waals surface area (Å²) in [6.45, 7) is 9.35. The number of nitrogens with zero attached hydrogens (tertiary/aromatic N) is 1. The number of fused-ring (bicyclic) bond motifs is 1. The molecule has 162 valence electrons. The number of halogens is 2. The van der Waals surface area contributed by atoms with Crippen LogP contribution in [0.5, 0.6) is 0 Å². The number of hydrogen-bond donors (Lipinski definition) is 1. The fourth-order valence-corrected chi connectivity index (χ4v) is 4.81. The molecule has 0 fully saturated rings. The van der Waals surface area contributed by atoms with Gasteiger partial charge in [0.25, 0.3) is 0 Å². The van der Waals surface area contributed by atoms with Crippen LogP contribution in [0, 0.1) is 6.92 Å². The summed E-state index contributed by atoms with van der Waals surface area (Å²) in [6.07, 6.45) is -0.976. The number of carbonyl (C=O) groups excluding carboxylic acids is 1. The number of carbonyl (C=O) groups is 1. The Hall–Kier alpha value is -1.76. The Morgan fingerprint density at radius 3 is 2.47 bits per heavy atom. The number of benzene rings is 2. The van der Waals surface area contributed by atoms with E-state index in [4.69, 9.17) is 21.1 Å². The van der Waals surface area contributed by atoms with Crippen LogP contribution in [0.4, 0.5) is 11.4 Å². The van der Waals surface area contributed by atoms with Crippen LogP contribution in [0.3, 0.4) is 0 Å². The second-order valence-electron chi connectivity index (χ2n) is 8.49. The molecule has 7 heteroatoms. The second kappa shape index (κ2) is 8.77. The van der Waals surface area contributed by atoms with Crippen molar-refractivity contribution < 1.29 is 14.3 Å². The van der Waals surface area contributed by atoms with Gasteiger partial charge in [0, 0.05) is 31.3 Å². The van der Waals surface area contributed by atoms with Crippen molar-refractivity contribution in [3.8, 4) is 11.1 Å². The summed E-state index contributed by atoms with van der Waals surface area (Å²) in [5.41, 5.74) is 4.67. The molecule has 1 N–H and O–H groups in total. The molecule has 0 saturated heterocycles. The van der Waals surface area contributed by atoms with Crippen LogP contribution in [0.1, 0.15) is 38.0 Å². The van der Waals surface area contributed by atoms with Crippen molar-refractivity contribution in [2.24, 2.45) is 0 Å². The monoisotopic (exact) mass is 494 g/mol. The number of likely N-dealkylation sites (N-methyl/N-ethyl adjacent to an activating group) is 1. The van der Waals surface area contributed by atoms with E-state index in [2.05, 4.69) is 26.1 Å². The highest BCUT2D eigenvalue weighted by atomic mass is 79.9. The van der Waals surface area contributed by atoms with Crippen LogP contribution in [0.2, 0.25) is 5.02 Å². The van der Waals surface area contributed by atoms with Gasteiger partial charge in [0.2, 0.25) is 0 Å². The molecular weight excluding hydrogens is 468 g/mol. The molecule has 5 nitrogen and oxygen atoms in total. The minimum absolute atomic E-state index is 0.484. The van der Waals surface area contributed by atoms with Crippen LogP contribution in [-0.4, -0.2) is 38.8 Å². The van der Waals surface area contributed by atoms with Gasteiger partial charge in [-0.15, -0.1) is 0 Å². The van der Waals surface area contributed by atoms with E-state index in [-0.39, 0.29) is 0 Å². The summed E-state index contributed by atoms with van der Waals surface area (Å²) in [7, 11) is 3.35. The maximum Gasteiger partial charge on any atom is 0.339 e. The third-order valence-corrected chi connectivity index (χ3v) is 6.18. The zero-order valence-electron chi connectivity index (χ0n) is 18.2. The molecule has 2 aromatic carbocycles. The lowest BCUT2D eigenvalue weighted by Crippen LogP contribution is -2.33. The van der Waals surface area contributed by atoms with E-state index in [0.717, 1.165) is 45.6 Å². The van der Waals surface area contributed by atoms with Crippen LogP contribution in [0.15, 0.2) is 28.7 Å². The van der Waals surface area contributed by atoms with Gasteiger partial charge in [0.15, 0.2) is 6.10 Å². The largest absolute Gasteiger partial charge is 0.467 e. The number of anilines is 2. The predicted molar refractivity (Wildman–Crippen MR) is 127 cm³/mol. The molecule has 0 amide bonds. The SMILES string of the molecule is COC(=O)C(OC(C)(C)C)c1c(Cl)c2c(c(Br)c1-c1ccc(C)cc1)NCCN2C. The first kappa shape index (κ1) is 22.9. The molecule has 2 aromatic rings. The lowest BCUT2D eigenvalue weighted by Gasteiger charge is -2.35. The zero-order chi connectivity index (χ0) is 22.2. The smallest absolute Gasteiger partial charge is 0.339 e. The Morgan fingerprint density at radius 2 is 1.90 bits per heavy atom. The Kier molecular flexibility index (Phi) is 6.70. The van der Waals surface area contributed by atoms with Gasteiger partial charge < -0.3 is 19.7 Å². The summed E-state index contributed by atoms with van der Waals surface area (Å²) in [4.78, 5) is 15.0. The summed E-state index contributed by atoms with van der Waals surface area (Å²) in [6, 6.07) is 8.13. The Balaban J connectivity index is 2.38. The van der Waals surface area contributed by atoms with Gasteiger partial charge in [-0.3, -0.25) is 0 Å². The molecule has 0 aromatic heterocycles. The average molecular weight is 496 g/mol. The summed E-state index contributed by atoms with van der Waals surface area (Å²) in [5, 5.41) is 3.94. The minimum atomic E-state index is -0.976. The summed E-state index contributed by atoms with van der Waals surface area (Å²) < 4.78 is 12.2. The third kappa shape index (κ3) is 4.46. The zero-order valence-corrected chi connectivity index (χ0v) is 20.6. The lowest BCUT2D eigenvalue weighted by molar-refractivity contribution is -0.164. The predicted octanol–water partition coefficient (Wildman–Crippen LogP) is 5.97. The van der Waals surface area contributed by atoms with Gasteiger partial charge in [-0.2, -0.15) is 0 Å². The fraction of sp³-hybridized carbons (Fsp3) is 0.435. The topological polar surface area (TPSA) is 50.8 Å². The maximum absolute atomic E-state index is 12.9. The van der Waals surface area contributed by atoms with Gasteiger partial charge >= 0.3 is 5.97 Å². The van der Waals surface area contributed by atoms with Gasteiger partial charge in [0.1, 0.15) is 0 Å². The van der Waals surface area contributed by atoms with Crippen molar-refractivity contribution >= 4 is 44.9 Å². The van der Waals surface area contributed by atoms with Gasteiger partial charge in [-0.1, -0.05) is 41.4 Å². The number of rotatable bonds is 4. The first-order valence-electron chi connectivity index (χ1n) is 9.87. The molecule has 0 spiro atoms. The standard InChI is InChI=1S/C23H28BrClN2O3/c1-13-7-9-14(10-8-13)15-16(21(22(28)29-6)30-23(2,3)4)18(25)20-19(17(15)24)26-11-12-27(20)5/h7-10,21,26H,11-12H2,1-6H3. The molecule has 1 aliphatic rings. The van der Waals surface area contributed by atoms with Gasteiger partial charge in [0.05, 0.1) is 33.6 Å². The Labute approximate surface area is 191 Å². The second-order valence-corrected chi connectivity index (χ2v) is 9.66. The van der Waals surface area contributed by atoms with Gasteiger partial charge in [-0.25, -0.2) is 4.79 Å². The summed E-state index contributed by atoms with van der Waals surface area (Å²) >= 11 is 10.8. The Bertz CT molecular complexity index is 955. The van der Waals surface area contributed by atoms with Crippen molar-refractivity contribution in [3.63, 3.8) is 0 Å². The van der Waals surface area contributed by atoms with E-state index in [1.165, 1.54) is 7.11 Å². The molecule has 1 atom stereocenters. The van der Waals surface area contributed by atoms with E-state index in [0.29, 0.717) is 10.6 Å². The molecule has 1 heterocycles. The van der Waals surface area contributed by atoms with Crippen molar-refractivity contribution in [1.29, 1.82) is 0 Å². The maximum atomic E-state index is 12.9. The van der Waals surface area contributed by atoms with E-state index < -0.39 is 17.7 Å². The number of aryl methyl sites for hydroxylation is 1. The quantitative estimate of drug-likeness (QED) is 0.530. The highest BCUT2D eigenvalue weighted by Gasteiger charge is 2.36. The highest BCUT2D eigenvalue weighted by molar-refractivity contribution is 9.10. The number of nitrogens with one attached hydrogen (secondary N) is 1. The fourth-order valence-electron chi connectivity index (χ4n) is 3.61. The van der Waals surface area contributed by atoms with Crippen LogP contribution < -0.4 is 10.2 Å². The number of methoxy groups -OCH3 is 1. The van der Waals surface area contributed by atoms with Crippen molar-refractivity contribution in [3.05, 3.63) is 44.9 Å². The minimum Gasteiger partial charge on any atom is -0.467 e. The number of hydrogen-bond acceptors (Lipinski definition) is 5. The number of esters is 1. The van der Waals surface area contributed by atoms with Gasteiger partial charge in [-0.05, 0) is 49.2 Å². The van der Waals surface area contributed by atoms with Crippen molar-refractivity contribution in [1.82, 2.24) is 0 Å².